The van der Waals surface area contributed by atoms with Gasteiger partial charge < -0.3 is 0 Å². The Morgan fingerprint density at radius 2 is 1.59 bits per heavy atom. The summed E-state index contributed by atoms with van der Waals surface area (Å²) in [4.78, 5) is 10.8. The average Bonchev–Trinajstić information content (AvgIpc) is 2.93. The Balaban J connectivity index is 2.09. The van der Waals surface area contributed by atoms with Crippen molar-refractivity contribution >= 4 is 31.6 Å². The number of hydrogen-bond acceptors (Lipinski definition) is 3. The Hall–Kier alpha value is -2.26. The lowest BCUT2D eigenvalue weighted by atomic mass is 10.0. The van der Waals surface area contributed by atoms with Crippen LogP contribution in [0.3, 0.4) is 0 Å². The van der Waals surface area contributed by atoms with E-state index in [-0.39, 0.29) is 0 Å². The SMILES string of the molecule is CC(C)c1nc(-c2ccccc2)nc2sc3ccccc3c12. The summed E-state index contributed by atoms with van der Waals surface area (Å²) in [5.41, 5.74) is 2.21. The minimum absolute atomic E-state index is 0.367. The van der Waals surface area contributed by atoms with Gasteiger partial charge in [-0.1, -0.05) is 62.4 Å². The van der Waals surface area contributed by atoms with E-state index in [2.05, 4.69) is 50.2 Å². The number of nitrogens with zero attached hydrogens (tertiary/aromatic N) is 2. The van der Waals surface area contributed by atoms with Crippen molar-refractivity contribution in [1.29, 1.82) is 0 Å². The van der Waals surface area contributed by atoms with Crippen LogP contribution in [0, 0.1) is 0 Å². The third-order valence-electron chi connectivity index (χ3n) is 3.85. The highest BCUT2D eigenvalue weighted by Crippen LogP contribution is 2.37. The first-order chi connectivity index (χ1) is 10.7. The van der Waals surface area contributed by atoms with Crippen molar-refractivity contribution < 1.29 is 0 Å². The molecule has 0 spiro atoms. The first-order valence-electron chi connectivity index (χ1n) is 7.48. The third kappa shape index (κ3) is 2.09. The highest BCUT2D eigenvalue weighted by molar-refractivity contribution is 7.25. The predicted octanol–water partition coefficient (Wildman–Crippen LogP) is 5.63. The molecule has 0 atom stereocenters. The van der Waals surface area contributed by atoms with Gasteiger partial charge in [-0.3, -0.25) is 0 Å². The van der Waals surface area contributed by atoms with Gasteiger partial charge in [0.05, 0.1) is 5.69 Å². The highest BCUT2D eigenvalue weighted by Gasteiger charge is 2.16. The van der Waals surface area contributed by atoms with Crippen LogP contribution in [0.25, 0.3) is 31.7 Å². The summed E-state index contributed by atoms with van der Waals surface area (Å²) in [7, 11) is 0. The summed E-state index contributed by atoms with van der Waals surface area (Å²) in [5, 5.41) is 2.49. The minimum Gasteiger partial charge on any atom is -0.232 e. The Labute approximate surface area is 133 Å². The molecule has 4 aromatic rings. The molecule has 0 amide bonds. The van der Waals surface area contributed by atoms with Crippen LogP contribution in [-0.2, 0) is 0 Å². The number of aromatic nitrogens is 2. The quantitative estimate of drug-likeness (QED) is 0.479. The van der Waals surface area contributed by atoms with E-state index in [4.69, 9.17) is 9.97 Å². The van der Waals surface area contributed by atoms with Gasteiger partial charge in [0.25, 0.3) is 0 Å². The molecular weight excluding hydrogens is 288 g/mol. The zero-order chi connectivity index (χ0) is 15.1. The standard InChI is InChI=1S/C19H16N2S/c1-12(2)17-16-14-10-6-7-11-15(14)22-19(16)21-18(20-17)13-8-4-3-5-9-13/h3-12H,1-2H3. The molecule has 0 aliphatic carbocycles. The molecule has 22 heavy (non-hydrogen) atoms. The van der Waals surface area contributed by atoms with Gasteiger partial charge in [0.2, 0.25) is 0 Å². The van der Waals surface area contributed by atoms with E-state index in [0.717, 1.165) is 21.9 Å². The van der Waals surface area contributed by atoms with Crippen LogP contribution in [0.4, 0.5) is 0 Å². The maximum atomic E-state index is 4.89. The molecule has 0 N–H and O–H groups in total. The van der Waals surface area contributed by atoms with Gasteiger partial charge in [-0.05, 0) is 12.0 Å². The molecule has 0 aliphatic heterocycles. The molecule has 108 valence electrons. The van der Waals surface area contributed by atoms with Crippen LogP contribution in [0.5, 0.6) is 0 Å². The van der Waals surface area contributed by atoms with E-state index >= 15 is 0 Å². The molecular formula is C19H16N2S. The molecule has 4 rings (SSSR count). The fourth-order valence-electron chi connectivity index (χ4n) is 2.78. The molecule has 0 radical (unpaired) electrons. The molecule has 2 heterocycles. The lowest BCUT2D eigenvalue weighted by Crippen LogP contribution is -1.98. The van der Waals surface area contributed by atoms with Crippen LogP contribution >= 0.6 is 11.3 Å². The summed E-state index contributed by atoms with van der Waals surface area (Å²) in [6, 6.07) is 18.7. The van der Waals surface area contributed by atoms with E-state index in [1.54, 1.807) is 11.3 Å². The second-order valence-electron chi connectivity index (χ2n) is 5.73. The molecule has 3 heteroatoms. The van der Waals surface area contributed by atoms with Gasteiger partial charge in [0.1, 0.15) is 4.83 Å². The minimum atomic E-state index is 0.367. The first-order valence-corrected chi connectivity index (χ1v) is 8.30. The van der Waals surface area contributed by atoms with Crippen molar-refractivity contribution in [1.82, 2.24) is 9.97 Å². The Bertz CT molecular complexity index is 955. The van der Waals surface area contributed by atoms with Gasteiger partial charge >= 0.3 is 0 Å². The number of fused-ring (bicyclic) bond motifs is 3. The fourth-order valence-corrected chi connectivity index (χ4v) is 3.87. The number of thiophene rings is 1. The molecule has 0 bridgehead atoms. The van der Waals surface area contributed by atoms with Crippen molar-refractivity contribution in [2.75, 3.05) is 0 Å². The van der Waals surface area contributed by atoms with Gasteiger partial charge in [-0.2, -0.15) is 0 Å². The van der Waals surface area contributed by atoms with Crippen LogP contribution in [-0.4, -0.2) is 9.97 Å². The Morgan fingerprint density at radius 1 is 0.864 bits per heavy atom. The average molecular weight is 304 g/mol. The van der Waals surface area contributed by atoms with Crippen LogP contribution in [0.15, 0.2) is 54.6 Å². The van der Waals surface area contributed by atoms with E-state index in [0.29, 0.717) is 5.92 Å². The van der Waals surface area contributed by atoms with E-state index in [1.807, 2.05) is 18.2 Å². The van der Waals surface area contributed by atoms with Crippen molar-refractivity contribution in [3.8, 4) is 11.4 Å². The Morgan fingerprint density at radius 3 is 2.36 bits per heavy atom. The van der Waals surface area contributed by atoms with Gasteiger partial charge in [-0.15, -0.1) is 11.3 Å². The molecule has 0 fully saturated rings. The second-order valence-corrected chi connectivity index (χ2v) is 6.76. The van der Waals surface area contributed by atoms with Crippen molar-refractivity contribution in [3.05, 3.63) is 60.3 Å². The van der Waals surface area contributed by atoms with Gasteiger partial charge in [0.15, 0.2) is 5.82 Å². The lowest BCUT2D eigenvalue weighted by molar-refractivity contribution is 0.832. The van der Waals surface area contributed by atoms with Crippen molar-refractivity contribution in [2.24, 2.45) is 0 Å². The van der Waals surface area contributed by atoms with Crippen LogP contribution in [0.1, 0.15) is 25.5 Å². The largest absolute Gasteiger partial charge is 0.232 e. The zero-order valence-electron chi connectivity index (χ0n) is 12.6. The Kier molecular flexibility index (Phi) is 3.16. The molecule has 0 unspecified atom stereocenters. The van der Waals surface area contributed by atoms with Gasteiger partial charge in [-0.25, -0.2) is 9.97 Å². The molecule has 0 saturated carbocycles. The maximum Gasteiger partial charge on any atom is 0.161 e. The summed E-state index contributed by atoms with van der Waals surface area (Å²) < 4.78 is 1.28. The number of benzene rings is 2. The van der Waals surface area contributed by atoms with Crippen molar-refractivity contribution in [3.63, 3.8) is 0 Å². The monoisotopic (exact) mass is 304 g/mol. The number of rotatable bonds is 2. The zero-order valence-corrected chi connectivity index (χ0v) is 13.4. The topological polar surface area (TPSA) is 25.8 Å². The third-order valence-corrected chi connectivity index (χ3v) is 4.91. The van der Waals surface area contributed by atoms with Crippen LogP contribution < -0.4 is 0 Å². The fraction of sp³-hybridized carbons (Fsp3) is 0.158. The molecule has 2 nitrogen and oxygen atoms in total. The summed E-state index contributed by atoms with van der Waals surface area (Å²) >= 11 is 1.75. The van der Waals surface area contributed by atoms with Crippen molar-refractivity contribution in [2.45, 2.75) is 19.8 Å². The van der Waals surface area contributed by atoms with Crippen LogP contribution in [0.2, 0.25) is 0 Å². The summed E-state index contributed by atoms with van der Waals surface area (Å²) in [6.45, 7) is 4.39. The maximum absolute atomic E-state index is 4.89. The van der Waals surface area contributed by atoms with Gasteiger partial charge in [0, 0.05) is 21.0 Å². The molecule has 2 aromatic carbocycles. The summed E-state index contributed by atoms with van der Waals surface area (Å²) in [6.07, 6.45) is 0. The van der Waals surface area contributed by atoms with E-state index < -0.39 is 0 Å². The van der Waals surface area contributed by atoms with E-state index in [1.165, 1.54) is 15.5 Å². The smallest absolute Gasteiger partial charge is 0.161 e. The molecule has 2 aromatic heterocycles. The predicted molar refractivity (Wildman–Crippen MR) is 94.4 cm³/mol. The first kappa shape index (κ1) is 13.4. The highest BCUT2D eigenvalue weighted by atomic mass is 32.1. The second kappa shape index (κ2) is 5.18. The lowest BCUT2D eigenvalue weighted by Gasteiger charge is -2.09. The van der Waals surface area contributed by atoms with E-state index in [9.17, 15) is 0 Å². The normalized spacial score (nSPS) is 11.6. The molecule has 0 aliphatic rings. The summed E-state index contributed by atoms with van der Waals surface area (Å²) in [5.74, 6) is 1.19. The molecule has 0 saturated heterocycles. The number of hydrogen-bond donors (Lipinski definition) is 0.